The van der Waals surface area contributed by atoms with Crippen molar-refractivity contribution in [1.82, 2.24) is 5.32 Å². The van der Waals surface area contributed by atoms with Crippen LogP contribution in [0.1, 0.15) is 78.0 Å². The van der Waals surface area contributed by atoms with Gasteiger partial charge in [0.25, 0.3) is 0 Å². The van der Waals surface area contributed by atoms with E-state index in [1.807, 2.05) is 68.8 Å². The topological polar surface area (TPSA) is 36.8 Å². The van der Waals surface area contributed by atoms with Gasteiger partial charge in [0, 0.05) is 24.2 Å². The SMILES string of the molecule is C#C\C=C/C(C)=C(C)/C(C)=N\C=C/C=C/C=C/C1=CCC=CC(C(C)(N=CC2=CCC=CC(/C=C/C=C/C=C\NC(C)/C(C)=C(C)/C=C\C=C)=C2)c2cccc3c2C=CC=CC3)=C1. The smallest absolute Gasteiger partial charge is 0.108 e. The lowest BCUT2D eigenvalue weighted by atomic mass is 9.79. The molecule has 4 rings (SSSR count). The maximum absolute atomic E-state index is 5.52. The Bertz CT molecular complexity index is 2480. The zero-order valence-corrected chi connectivity index (χ0v) is 38.4. The number of hydrogen-bond acceptors (Lipinski definition) is 3. The van der Waals surface area contributed by atoms with Crippen molar-refractivity contribution >= 4 is 18.0 Å². The van der Waals surface area contributed by atoms with Gasteiger partial charge in [-0.15, -0.1) is 6.42 Å². The summed E-state index contributed by atoms with van der Waals surface area (Å²) in [6.07, 6.45) is 70.4. The lowest BCUT2D eigenvalue weighted by Crippen LogP contribution is -2.24. The van der Waals surface area contributed by atoms with Crippen LogP contribution >= 0.6 is 0 Å². The van der Waals surface area contributed by atoms with Crippen LogP contribution in [0.4, 0.5) is 0 Å². The highest BCUT2D eigenvalue weighted by Crippen LogP contribution is 2.40. The van der Waals surface area contributed by atoms with Crippen LogP contribution in [0.2, 0.25) is 0 Å². The largest absolute Gasteiger partial charge is 0.385 e. The maximum Gasteiger partial charge on any atom is 0.108 e. The van der Waals surface area contributed by atoms with Gasteiger partial charge >= 0.3 is 0 Å². The Morgan fingerprint density at radius 1 is 0.794 bits per heavy atom. The van der Waals surface area contributed by atoms with Gasteiger partial charge in [0.05, 0.1) is 0 Å². The van der Waals surface area contributed by atoms with Gasteiger partial charge in [-0.05, 0) is 160 Å². The van der Waals surface area contributed by atoms with Crippen molar-refractivity contribution in [3.8, 4) is 12.3 Å². The van der Waals surface area contributed by atoms with E-state index in [2.05, 4.69) is 191 Å². The summed E-state index contributed by atoms with van der Waals surface area (Å²) in [6, 6.07) is 6.87. The first-order valence-electron chi connectivity index (χ1n) is 21.8. The van der Waals surface area contributed by atoms with Gasteiger partial charge in [-0.2, -0.15) is 0 Å². The number of fused-ring (bicyclic) bond motifs is 1. The summed E-state index contributed by atoms with van der Waals surface area (Å²) in [7, 11) is 0. The van der Waals surface area contributed by atoms with Crippen molar-refractivity contribution in [2.75, 3.05) is 0 Å². The molecule has 0 saturated heterocycles. The zero-order chi connectivity index (χ0) is 45.3. The summed E-state index contributed by atoms with van der Waals surface area (Å²) < 4.78 is 0. The summed E-state index contributed by atoms with van der Waals surface area (Å²) in [6.45, 7) is 18.6. The molecule has 0 aromatic heterocycles. The molecule has 0 heterocycles. The molecule has 1 aromatic rings. The molecule has 0 saturated carbocycles. The molecule has 0 bridgehead atoms. The van der Waals surface area contributed by atoms with E-state index in [1.54, 1.807) is 12.2 Å². The number of aliphatic imine (C=N–C) groups is 2. The van der Waals surface area contributed by atoms with E-state index in [4.69, 9.17) is 11.4 Å². The fourth-order valence-electron chi connectivity index (χ4n) is 6.89. The van der Waals surface area contributed by atoms with Gasteiger partial charge < -0.3 is 5.32 Å². The fourth-order valence-corrected chi connectivity index (χ4v) is 6.89. The highest BCUT2D eigenvalue weighted by atomic mass is 14.9. The van der Waals surface area contributed by atoms with E-state index >= 15 is 0 Å². The summed E-state index contributed by atoms with van der Waals surface area (Å²) in [5, 5.41) is 3.46. The normalized spacial score (nSPS) is 18.5. The van der Waals surface area contributed by atoms with Crippen molar-refractivity contribution in [1.29, 1.82) is 0 Å². The summed E-state index contributed by atoms with van der Waals surface area (Å²) in [4.78, 5) is 10.1. The van der Waals surface area contributed by atoms with Crippen molar-refractivity contribution in [3.63, 3.8) is 0 Å². The second-order valence-electron chi connectivity index (χ2n) is 15.7. The average Bonchev–Trinajstić information content (AvgIpc) is 3.80. The molecular weight excluding hydrogens is 763 g/mol. The van der Waals surface area contributed by atoms with E-state index in [-0.39, 0.29) is 6.04 Å². The van der Waals surface area contributed by atoms with E-state index in [0.717, 1.165) is 58.4 Å². The fraction of sp³-hybridized carbons (Fsp3) is 0.200. The molecule has 0 fully saturated rings. The molecule has 0 aliphatic heterocycles. The van der Waals surface area contributed by atoms with Gasteiger partial charge in [0.15, 0.2) is 0 Å². The molecule has 0 radical (unpaired) electrons. The lowest BCUT2D eigenvalue weighted by molar-refractivity contribution is 0.606. The van der Waals surface area contributed by atoms with Gasteiger partial charge in [-0.25, -0.2) is 0 Å². The Morgan fingerprint density at radius 2 is 1.52 bits per heavy atom. The number of allylic oxidation sites excluding steroid dienone is 31. The minimum absolute atomic E-state index is 0.230. The van der Waals surface area contributed by atoms with Crippen molar-refractivity contribution in [2.45, 2.75) is 79.3 Å². The van der Waals surface area contributed by atoms with E-state index in [9.17, 15) is 0 Å². The van der Waals surface area contributed by atoms with Crippen LogP contribution in [-0.4, -0.2) is 18.0 Å². The van der Waals surface area contributed by atoms with Crippen molar-refractivity contribution < 1.29 is 0 Å². The minimum Gasteiger partial charge on any atom is -0.385 e. The molecule has 2 atom stereocenters. The average molecular weight is 828 g/mol. The first-order valence-corrected chi connectivity index (χ1v) is 21.8. The zero-order valence-electron chi connectivity index (χ0n) is 38.4. The maximum atomic E-state index is 5.52. The van der Waals surface area contributed by atoms with Gasteiger partial charge in [-0.1, -0.05) is 170 Å². The van der Waals surface area contributed by atoms with E-state index in [1.165, 1.54) is 27.8 Å². The second kappa shape index (κ2) is 26.3. The summed E-state index contributed by atoms with van der Waals surface area (Å²) in [5.74, 6) is 2.54. The number of nitrogens with one attached hydrogen (secondary N) is 1. The van der Waals surface area contributed by atoms with E-state index < -0.39 is 5.54 Å². The Labute approximate surface area is 379 Å². The predicted octanol–water partition coefficient (Wildman–Crippen LogP) is 15.0. The third kappa shape index (κ3) is 15.8. The van der Waals surface area contributed by atoms with Crippen LogP contribution in [0.3, 0.4) is 0 Å². The molecular formula is C60H65N3. The van der Waals surface area contributed by atoms with Crippen LogP contribution in [-0.2, 0) is 12.0 Å². The first kappa shape index (κ1) is 48.6. The summed E-state index contributed by atoms with van der Waals surface area (Å²) >= 11 is 0. The standard InChI is InChI=1S/C60H65N3/c1-10-12-30-47(3)49(5)51(7)61-42-27-16-14-19-32-53-34-23-24-36-55(44-53)46-63-60(9,59-41-29-38-56-37-21-18-22-40-58(56)59)57-39-26-25-35-54(45-57)33-20-15-17-28-43-62-52(8)50(6)48(4)31-13-11-2/h2,10,12-23,26-36,38-46,51,61H,1,24-25,37H2,3-9H3/b16-14+,17-15+,30-12-,31-13-,32-19+,33-20+,42-27-,43-28-,49-47+,50-48+,62-52-,63-46?. The van der Waals surface area contributed by atoms with Gasteiger partial charge in [0.1, 0.15) is 5.54 Å². The highest BCUT2D eigenvalue weighted by molar-refractivity contribution is 5.99. The van der Waals surface area contributed by atoms with Gasteiger partial charge in [0.2, 0.25) is 0 Å². The molecule has 320 valence electrons. The number of hydrogen-bond donors (Lipinski definition) is 1. The van der Waals surface area contributed by atoms with Crippen LogP contribution < -0.4 is 5.32 Å². The molecule has 0 spiro atoms. The van der Waals surface area contributed by atoms with Crippen LogP contribution in [0, 0.1) is 12.3 Å². The molecule has 3 aliphatic rings. The van der Waals surface area contributed by atoms with Crippen LogP contribution in [0.5, 0.6) is 0 Å². The number of terminal acetylenes is 1. The quantitative estimate of drug-likeness (QED) is 0.0893. The monoisotopic (exact) mass is 828 g/mol. The van der Waals surface area contributed by atoms with Crippen molar-refractivity contribution in [2.24, 2.45) is 9.98 Å². The number of benzene rings is 1. The van der Waals surface area contributed by atoms with Crippen LogP contribution in [0.25, 0.3) is 6.08 Å². The Morgan fingerprint density at radius 3 is 2.30 bits per heavy atom. The van der Waals surface area contributed by atoms with E-state index in [0.29, 0.717) is 0 Å². The molecule has 63 heavy (non-hydrogen) atoms. The number of rotatable bonds is 18. The predicted molar refractivity (Wildman–Crippen MR) is 279 cm³/mol. The Balaban J connectivity index is 1.57. The Hall–Kier alpha value is -7.02. The molecule has 2 unspecified atom stereocenters. The van der Waals surface area contributed by atoms with Gasteiger partial charge in [-0.3, -0.25) is 9.98 Å². The molecule has 3 heteroatoms. The first-order chi connectivity index (χ1) is 30.6. The molecule has 3 nitrogen and oxygen atoms in total. The molecule has 0 amide bonds. The third-order valence-corrected chi connectivity index (χ3v) is 11.2. The summed E-state index contributed by atoms with van der Waals surface area (Å²) in [5.41, 5.74) is 13.2. The van der Waals surface area contributed by atoms with Crippen molar-refractivity contribution in [3.05, 3.63) is 256 Å². The third-order valence-electron chi connectivity index (χ3n) is 11.2. The molecule has 3 aliphatic carbocycles. The second-order valence-corrected chi connectivity index (χ2v) is 15.7. The highest BCUT2D eigenvalue weighted by Gasteiger charge is 2.32. The Kier molecular flexibility index (Phi) is 20.3. The minimum atomic E-state index is -0.676. The van der Waals surface area contributed by atoms with Crippen LogP contribution in [0.15, 0.2) is 250 Å². The molecule has 1 N–H and O–H groups in total. The molecule has 1 aromatic carbocycles. The number of nitrogens with zero attached hydrogens (tertiary/aromatic N) is 2. The lowest BCUT2D eigenvalue weighted by Gasteiger charge is -2.30.